The highest BCUT2D eigenvalue weighted by molar-refractivity contribution is 5.90. The molecule has 8 nitrogen and oxygen atoms in total. The first-order chi connectivity index (χ1) is 15.2. The third kappa shape index (κ3) is 5.02. The topological polar surface area (TPSA) is 126 Å². The lowest BCUT2D eigenvalue weighted by atomic mass is 9.72. The fourth-order valence-corrected chi connectivity index (χ4v) is 4.98. The van der Waals surface area contributed by atoms with Crippen molar-refractivity contribution in [2.75, 3.05) is 13.6 Å². The van der Waals surface area contributed by atoms with Gasteiger partial charge in [-0.1, -0.05) is 25.5 Å². The van der Waals surface area contributed by atoms with Crippen LogP contribution in [0.3, 0.4) is 0 Å². The molecule has 2 heterocycles. The summed E-state index contributed by atoms with van der Waals surface area (Å²) in [6.07, 6.45) is 7.88. The first-order valence-corrected chi connectivity index (χ1v) is 11.0. The van der Waals surface area contributed by atoms with Crippen LogP contribution in [0.2, 0.25) is 0 Å². The van der Waals surface area contributed by atoms with Crippen LogP contribution in [-0.2, 0) is 27.3 Å². The number of aromatic nitrogens is 1. The Kier molecular flexibility index (Phi) is 7.35. The van der Waals surface area contributed by atoms with Gasteiger partial charge < -0.3 is 25.4 Å². The van der Waals surface area contributed by atoms with Crippen LogP contribution in [0.15, 0.2) is 36.5 Å². The number of benzene rings is 1. The molecule has 1 aromatic heterocycles. The number of primary amides is 1. The van der Waals surface area contributed by atoms with Gasteiger partial charge in [-0.15, -0.1) is 0 Å². The Labute approximate surface area is 187 Å². The molecule has 3 atom stereocenters. The number of carbonyl (C=O) groups is 3. The number of piperidine rings is 1. The number of carbonyl (C=O) groups excluding carboxylic acids is 1. The summed E-state index contributed by atoms with van der Waals surface area (Å²) in [6.45, 7) is 4.12. The summed E-state index contributed by atoms with van der Waals surface area (Å²) in [5.74, 6) is -2.28. The average molecular weight is 442 g/mol. The minimum Gasteiger partial charge on any atom is -0.478 e. The maximum absolute atomic E-state index is 11.8. The number of likely N-dealkylation sites (tertiary alicyclic amines) is 1. The van der Waals surface area contributed by atoms with Crippen LogP contribution in [0.1, 0.15) is 43.2 Å². The van der Waals surface area contributed by atoms with Gasteiger partial charge in [0.15, 0.2) is 0 Å². The number of carboxylic acids is 2. The van der Waals surface area contributed by atoms with E-state index in [1.807, 2.05) is 0 Å². The highest BCUT2D eigenvalue weighted by Crippen LogP contribution is 2.44. The number of hydrogen-bond acceptors (Lipinski definition) is 4. The van der Waals surface area contributed by atoms with Crippen molar-refractivity contribution >= 4 is 28.7 Å². The van der Waals surface area contributed by atoms with Crippen molar-refractivity contribution in [3.8, 4) is 0 Å². The van der Waals surface area contributed by atoms with E-state index in [1.54, 1.807) is 0 Å². The van der Waals surface area contributed by atoms with Gasteiger partial charge in [-0.2, -0.15) is 0 Å². The van der Waals surface area contributed by atoms with Gasteiger partial charge >= 0.3 is 11.9 Å². The number of rotatable bonds is 6. The molecule has 1 aromatic carbocycles. The largest absolute Gasteiger partial charge is 0.478 e. The molecule has 0 spiro atoms. The molecule has 2 aromatic rings. The summed E-state index contributed by atoms with van der Waals surface area (Å²) in [4.78, 5) is 33.2. The van der Waals surface area contributed by atoms with Crippen molar-refractivity contribution in [2.45, 2.75) is 51.1 Å². The van der Waals surface area contributed by atoms with Gasteiger partial charge in [0.2, 0.25) is 5.91 Å². The molecule has 0 radical (unpaired) electrons. The van der Waals surface area contributed by atoms with Crippen molar-refractivity contribution in [3.05, 3.63) is 47.7 Å². The second-order valence-electron chi connectivity index (χ2n) is 8.60. The molecular formula is C24H31N3O5. The smallest absolute Gasteiger partial charge is 0.328 e. The van der Waals surface area contributed by atoms with Crippen LogP contribution in [-0.4, -0.2) is 57.2 Å². The summed E-state index contributed by atoms with van der Waals surface area (Å²) in [6, 6.07) is 7.18. The first kappa shape index (κ1) is 23.5. The number of carboxylic acid groups (broad SMARTS) is 2. The number of amides is 1. The Morgan fingerprint density at radius 1 is 1.19 bits per heavy atom. The van der Waals surface area contributed by atoms with E-state index < -0.39 is 11.9 Å². The number of nitrogens with two attached hydrogens (primary N) is 1. The molecule has 1 aliphatic carbocycles. The third-order valence-electron chi connectivity index (χ3n) is 6.45. The van der Waals surface area contributed by atoms with E-state index in [9.17, 15) is 14.4 Å². The molecule has 4 N–H and O–H groups in total. The minimum absolute atomic E-state index is 0.0322. The molecule has 1 amide bonds. The number of nitrogens with zero attached hydrogens (tertiary/aromatic N) is 2. The zero-order chi connectivity index (χ0) is 23.4. The van der Waals surface area contributed by atoms with Gasteiger partial charge in [0.05, 0.1) is 5.92 Å². The summed E-state index contributed by atoms with van der Waals surface area (Å²) in [5.41, 5.74) is 9.89. The van der Waals surface area contributed by atoms with E-state index in [0.29, 0.717) is 24.1 Å². The molecule has 32 heavy (non-hydrogen) atoms. The summed E-state index contributed by atoms with van der Waals surface area (Å²) >= 11 is 0. The zero-order valence-electron chi connectivity index (χ0n) is 18.5. The fraction of sp³-hybridized carbons (Fsp3) is 0.458. The molecule has 2 aliphatic rings. The molecule has 0 saturated carbocycles. The second-order valence-corrected chi connectivity index (χ2v) is 8.60. The number of aryl methyl sites for hydroxylation is 1. The molecule has 172 valence electrons. The maximum Gasteiger partial charge on any atom is 0.328 e. The van der Waals surface area contributed by atoms with Crippen molar-refractivity contribution in [2.24, 2.45) is 11.7 Å². The van der Waals surface area contributed by atoms with Gasteiger partial charge in [0, 0.05) is 54.3 Å². The van der Waals surface area contributed by atoms with E-state index in [4.69, 9.17) is 15.9 Å². The maximum atomic E-state index is 11.8. The number of unbranched alkanes of at least 4 members (excludes halogenated alkanes) is 1. The predicted molar refractivity (Wildman–Crippen MR) is 121 cm³/mol. The van der Waals surface area contributed by atoms with Crippen LogP contribution in [0, 0.1) is 5.92 Å². The summed E-state index contributed by atoms with van der Waals surface area (Å²) in [5, 5.41) is 17.1. The van der Waals surface area contributed by atoms with Crippen LogP contribution in [0.4, 0.5) is 0 Å². The number of likely N-dealkylation sites (N-methyl/N-ethyl adjacent to an activating group) is 1. The van der Waals surface area contributed by atoms with Gasteiger partial charge in [0.1, 0.15) is 0 Å². The molecule has 1 aliphatic heterocycles. The quantitative estimate of drug-likeness (QED) is 0.592. The Bertz CT molecular complexity index is 1030. The lowest BCUT2D eigenvalue weighted by Crippen LogP contribution is -2.50. The minimum atomic E-state index is -1.26. The van der Waals surface area contributed by atoms with E-state index in [1.165, 1.54) is 34.9 Å². The van der Waals surface area contributed by atoms with E-state index in [0.717, 1.165) is 25.9 Å². The molecular weight excluding hydrogens is 410 g/mol. The third-order valence-corrected chi connectivity index (χ3v) is 6.45. The van der Waals surface area contributed by atoms with Gasteiger partial charge in [-0.05, 0) is 43.5 Å². The highest BCUT2D eigenvalue weighted by Gasteiger charge is 2.41. The van der Waals surface area contributed by atoms with Crippen LogP contribution in [0.5, 0.6) is 0 Å². The number of hydrogen-bond donors (Lipinski definition) is 3. The summed E-state index contributed by atoms with van der Waals surface area (Å²) < 4.78 is 2.43. The molecule has 1 saturated heterocycles. The predicted octanol–water partition coefficient (Wildman–Crippen LogP) is 2.60. The van der Waals surface area contributed by atoms with E-state index >= 15 is 0 Å². The lowest BCUT2D eigenvalue weighted by Gasteiger charge is -2.44. The number of aliphatic carboxylic acids is 2. The SMILES string of the molecule is CCCCn1cc2c3c(cccc31)[C@H]1CC(C(N)=O)CN(C)[C@@H]1C2.O=C(O)/C=C\C(=O)O. The average Bonchev–Trinajstić information content (AvgIpc) is 3.10. The molecule has 8 heteroatoms. The van der Waals surface area contributed by atoms with Crippen molar-refractivity contribution < 1.29 is 24.6 Å². The number of fused-ring (bicyclic) bond motifs is 2. The van der Waals surface area contributed by atoms with Gasteiger partial charge in [-0.25, -0.2) is 9.59 Å². The zero-order valence-corrected chi connectivity index (χ0v) is 18.5. The van der Waals surface area contributed by atoms with Crippen LogP contribution >= 0.6 is 0 Å². The van der Waals surface area contributed by atoms with Crippen molar-refractivity contribution in [1.29, 1.82) is 0 Å². The van der Waals surface area contributed by atoms with Crippen LogP contribution in [0.25, 0.3) is 10.9 Å². The fourth-order valence-electron chi connectivity index (χ4n) is 4.98. The molecule has 0 bridgehead atoms. The van der Waals surface area contributed by atoms with Gasteiger partial charge in [-0.3, -0.25) is 4.79 Å². The lowest BCUT2D eigenvalue weighted by molar-refractivity contribution is -0.134. The highest BCUT2D eigenvalue weighted by atomic mass is 16.4. The summed E-state index contributed by atoms with van der Waals surface area (Å²) in [7, 11) is 2.14. The molecule has 1 unspecified atom stereocenters. The van der Waals surface area contributed by atoms with Crippen molar-refractivity contribution in [1.82, 2.24) is 9.47 Å². The Balaban J connectivity index is 0.000000312. The Morgan fingerprint density at radius 3 is 2.47 bits per heavy atom. The Hall–Kier alpha value is -3.13. The monoisotopic (exact) mass is 441 g/mol. The first-order valence-electron chi connectivity index (χ1n) is 11.0. The molecule has 4 rings (SSSR count). The molecule has 1 fully saturated rings. The standard InChI is InChI=1S/C20H27N3O.C4H4O4/c1-3-4-8-23-12-13-10-18-16(9-14(20(21)24)11-22(18)2)15-6-5-7-17(23)19(13)15;5-3(6)1-2-4(7)8/h5-7,12,14,16,18H,3-4,8-11H2,1-2H3,(H2,21,24);1-2H,(H,5,6)(H,7,8)/b;2-1-/t14?,16-,18-;/m1./s1. The van der Waals surface area contributed by atoms with E-state index in [2.05, 4.69) is 47.8 Å². The van der Waals surface area contributed by atoms with E-state index in [-0.39, 0.29) is 11.8 Å². The van der Waals surface area contributed by atoms with Crippen molar-refractivity contribution in [3.63, 3.8) is 0 Å². The van der Waals surface area contributed by atoms with Gasteiger partial charge in [0.25, 0.3) is 0 Å². The Morgan fingerprint density at radius 2 is 1.88 bits per heavy atom. The second kappa shape index (κ2) is 9.99. The normalized spacial score (nSPS) is 22.2. The van der Waals surface area contributed by atoms with Crippen LogP contribution < -0.4 is 5.73 Å².